The maximum Gasteiger partial charge on any atom is 0.414 e. The van der Waals surface area contributed by atoms with Gasteiger partial charge in [0.25, 0.3) is 5.91 Å². The summed E-state index contributed by atoms with van der Waals surface area (Å²) in [5.41, 5.74) is 1.34. The first kappa shape index (κ1) is 21.4. The van der Waals surface area contributed by atoms with Gasteiger partial charge in [-0.25, -0.2) is 4.79 Å². The standard InChI is InChI=1S/C21H24N2O4S2/c1-2-27-21(26)23-19(25)18-15-10-6-11-16(15)29-20(18)22-17(24)12-7-13-28-14-8-4-3-5-9-14/h3-5,8-9H,2,6-7,10-13H2,1H3,(H,22,24)(H,23,25,26). The molecule has 29 heavy (non-hydrogen) atoms. The highest BCUT2D eigenvalue weighted by Gasteiger charge is 2.28. The topological polar surface area (TPSA) is 84.5 Å². The van der Waals surface area contributed by atoms with Crippen molar-refractivity contribution in [1.82, 2.24) is 5.32 Å². The molecule has 0 aliphatic heterocycles. The molecule has 1 aromatic carbocycles. The first-order valence-corrected chi connectivity index (χ1v) is 11.5. The summed E-state index contributed by atoms with van der Waals surface area (Å²) in [6.45, 7) is 1.86. The first-order valence-electron chi connectivity index (χ1n) is 9.68. The molecule has 154 valence electrons. The number of alkyl carbamates (subject to hydrolysis) is 1. The lowest BCUT2D eigenvalue weighted by atomic mass is 10.1. The van der Waals surface area contributed by atoms with E-state index in [1.807, 2.05) is 30.3 Å². The number of ether oxygens (including phenoxy) is 1. The predicted molar refractivity (Wildman–Crippen MR) is 116 cm³/mol. The molecule has 1 heterocycles. The number of hydrogen-bond acceptors (Lipinski definition) is 6. The molecular formula is C21H24N2O4S2. The van der Waals surface area contributed by atoms with Crippen molar-refractivity contribution in [2.24, 2.45) is 0 Å². The molecule has 0 radical (unpaired) electrons. The molecule has 0 unspecified atom stereocenters. The molecule has 0 fully saturated rings. The van der Waals surface area contributed by atoms with Crippen LogP contribution in [0.5, 0.6) is 0 Å². The Hall–Kier alpha value is -2.32. The van der Waals surface area contributed by atoms with Gasteiger partial charge in [0.1, 0.15) is 5.00 Å². The van der Waals surface area contributed by atoms with Crippen molar-refractivity contribution in [3.8, 4) is 0 Å². The summed E-state index contributed by atoms with van der Waals surface area (Å²) < 4.78 is 4.80. The number of anilines is 1. The highest BCUT2D eigenvalue weighted by Crippen LogP contribution is 2.39. The van der Waals surface area contributed by atoms with Crippen molar-refractivity contribution < 1.29 is 19.1 Å². The molecule has 1 aliphatic rings. The zero-order valence-corrected chi connectivity index (χ0v) is 17.9. The van der Waals surface area contributed by atoms with Crippen molar-refractivity contribution in [1.29, 1.82) is 0 Å². The van der Waals surface area contributed by atoms with E-state index in [0.717, 1.165) is 41.9 Å². The number of nitrogens with one attached hydrogen (secondary N) is 2. The van der Waals surface area contributed by atoms with Crippen LogP contribution in [0.3, 0.4) is 0 Å². The van der Waals surface area contributed by atoms with E-state index in [1.165, 1.54) is 16.2 Å². The van der Waals surface area contributed by atoms with Crippen LogP contribution in [-0.4, -0.2) is 30.3 Å². The summed E-state index contributed by atoms with van der Waals surface area (Å²) in [7, 11) is 0. The molecular weight excluding hydrogens is 408 g/mol. The predicted octanol–water partition coefficient (Wildman–Crippen LogP) is 4.63. The molecule has 2 N–H and O–H groups in total. The normalized spacial score (nSPS) is 12.3. The van der Waals surface area contributed by atoms with Crippen LogP contribution in [0.15, 0.2) is 35.2 Å². The lowest BCUT2D eigenvalue weighted by Crippen LogP contribution is -2.32. The highest BCUT2D eigenvalue weighted by atomic mass is 32.2. The second-order valence-electron chi connectivity index (χ2n) is 6.55. The van der Waals surface area contributed by atoms with E-state index in [9.17, 15) is 14.4 Å². The highest BCUT2D eigenvalue weighted by molar-refractivity contribution is 7.99. The number of benzene rings is 1. The second-order valence-corrected chi connectivity index (χ2v) is 8.82. The van der Waals surface area contributed by atoms with Gasteiger partial charge in [0.05, 0.1) is 12.2 Å². The number of rotatable bonds is 8. The fraction of sp³-hybridized carbons (Fsp3) is 0.381. The van der Waals surface area contributed by atoms with Crippen molar-refractivity contribution in [2.45, 2.75) is 43.9 Å². The largest absolute Gasteiger partial charge is 0.450 e. The van der Waals surface area contributed by atoms with Gasteiger partial charge in [0.15, 0.2) is 0 Å². The average Bonchev–Trinajstić information content (AvgIpc) is 3.26. The third-order valence-electron chi connectivity index (χ3n) is 4.45. The number of imide groups is 1. The van der Waals surface area contributed by atoms with Crippen LogP contribution in [-0.2, 0) is 22.4 Å². The third kappa shape index (κ3) is 5.83. The van der Waals surface area contributed by atoms with Gasteiger partial charge in [-0.3, -0.25) is 14.9 Å². The molecule has 0 bridgehead atoms. The Bertz CT molecular complexity index is 880. The SMILES string of the molecule is CCOC(=O)NC(=O)c1c(NC(=O)CCCSc2ccccc2)sc2c1CCC2. The summed E-state index contributed by atoms with van der Waals surface area (Å²) in [5, 5.41) is 5.66. The molecule has 0 atom stereocenters. The van der Waals surface area contributed by atoms with Gasteiger partial charge >= 0.3 is 6.09 Å². The number of hydrogen-bond donors (Lipinski definition) is 2. The van der Waals surface area contributed by atoms with Crippen LogP contribution in [0.1, 0.15) is 47.0 Å². The summed E-state index contributed by atoms with van der Waals surface area (Å²) in [6, 6.07) is 10.1. The lowest BCUT2D eigenvalue weighted by molar-refractivity contribution is -0.116. The van der Waals surface area contributed by atoms with Crippen LogP contribution in [0.4, 0.5) is 9.80 Å². The molecule has 3 rings (SSSR count). The van der Waals surface area contributed by atoms with Gasteiger partial charge < -0.3 is 10.1 Å². The molecule has 0 spiro atoms. The zero-order valence-electron chi connectivity index (χ0n) is 16.3. The minimum Gasteiger partial charge on any atom is -0.450 e. The van der Waals surface area contributed by atoms with E-state index in [1.54, 1.807) is 18.7 Å². The van der Waals surface area contributed by atoms with Gasteiger partial charge in [-0.1, -0.05) is 18.2 Å². The zero-order chi connectivity index (χ0) is 20.6. The van der Waals surface area contributed by atoms with Gasteiger partial charge in [-0.2, -0.15) is 0 Å². The van der Waals surface area contributed by atoms with Crippen molar-refractivity contribution >= 4 is 46.0 Å². The van der Waals surface area contributed by atoms with Crippen LogP contribution in [0, 0.1) is 0 Å². The Morgan fingerprint density at radius 3 is 2.72 bits per heavy atom. The maximum absolute atomic E-state index is 12.6. The van der Waals surface area contributed by atoms with Crippen molar-refractivity contribution in [2.75, 3.05) is 17.7 Å². The summed E-state index contributed by atoms with van der Waals surface area (Å²) in [4.78, 5) is 38.9. The quantitative estimate of drug-likeness (QED) is 0.469. The van der Waals surface area contributed by atoms with E-state index in [-0.39, 0.29) is 12.5 Å². The second kappa shape index (κ2) is 10.5. The van der Waals surface area contributed by atoms with Gasteiger partial charge in [0, 0.05) is 16.2 Å². The molecule has 1 aromatic heterocycles. The minimum atomic E-state index is -0.773. The number of aryl methyl sites for hydroxylation is 1. The summed E-state index contributed by atoms with van der Waals surface area (Å²) >= 11 is 3.15. The van der Waals surface area contributed by atoms with Crippen LogP contribution >= 0.6 is 23.1 Å². The van der Waals surface area contributed by atoms with Crippen LogP contribution in [0.2, 0.25) is 0 Å². The number of fused-ring (bicyclic) bond motifs is 1. The lowest BCUT2D eigenvalue weighted by Gasteiger charge is -2.09. The fourth-order valence-corrected chi connectivity index (χ4v) is 5.36. The van der Waals surface area contributed by atoms with Crippen LogP contribution < -0.4 is 10.6 Å². The van der Waals surface area contributed by atoms with Crippen molar-refractivity contribution in [3.05, 3.63) is 46.3 Å². The smallest absolute Gasteiger partial charge is 0.414 e. The maximum atomic E-state index is 12.6. The van der Waals surface area contributed by atoms with E-state index in [2.05, 4.69) is 10.6 Å². The Morgan fingerprint density at radius 1 is 1.17 bits per heavy atom. The number of thioether (sulfide) groups is 1. The Labute approximate surface area is 178 Å². The molecule has 6 nitrogen and oxygen atoms in total. The molecule has 0 saturated carbocycles. The number of carbonyl (C=O) groups is 3. The van der Waals surface area contributed by atoms with E-state index in [4.69, 9.17) is 4.74 Å². The monoisotopic (exact) mass is 432 g/mol. The van der Waals surface area contributed by atoms with Crippen molar-refractivity contribution in [3.63, 3.8) is 0 Å². The molecule has 2 aromatic rings. The molecule has 0 saturated heterocycles. The molecule has 3 amide bonds. The minimum absolute atomic E-state index is 0.122. The summed E-state index contributed by atoms with van der Waals surface area (Å²) in [5.74, 6) is 0.204. The Kier molecular flexibility index (Phi) is 7.71. The summed E-state index contributed by atoms with van der Waals surface area (Å²) in [6.07, 6.45) is 2.99. The van der Waals surface area contributed by atoms with E-state index < -0.39 is 12.0 Å². The van der Waals surface area contributed by atoms with E-state index in [0.29, 0.717) is 17.0 Å². The first-order chi connectivity index (χ1) is 14.1. The Morgan fingerprint density at radius 2 is 1.97 bits per heavy atom. The van der Waals surface area contributed by atoms with E-state index >= 15 is 0 Å². The number of carbonyl (C=O) groups excluding carboxylic acids is 3. The van der Waals surface area contributed by atoms with Gasteiger partial charge in [0.2, 0.25) is 5.91 Å². The van der Waals surface area contributed by atoms with Crippen LogP contribution in [0.25, 0.3) is 0 Å². The third-order valence-corrected chi connectivity index (χ3v) is 6.76. The number of thiophene rings is 1. The fourth-order valence-electron chi connectivity index (χ4n) is 3.18. The van der Waals surface area contributed by atoms with Gasteiger partial charge in [-0.15, -0.1) is 23.1 Å². The average molecular weight is 433 g/mol. The van der Waals surface area contributed by atoms with Gasteiger partial charge in [-0.05, 0) is 56.1 Å². The molecule has 1 aliphatic carbocycles. The Balaban J connectivity index is 1.57. The molecule has 8 heteroatoms. The number of amides is 3.